The molecule has 0 saturated heterocycles. The lowest BCUT2D eigenvalue weighted by Crippen LogP contribution is -2.33. The number of nitrogens with one attached hydrogen (secondary N) is 1. The standard InChI is InChI=1S/C16H19NO5/c1-21-13-4-2-3-9-6-14(22-15(9)13)16(20)17-11-5-10(8-18)12(19)7-11/h2-4,6,10-12,18-19H,5,7-8H2,1H3,(H,17,20)/t10-,11-,12+/m0/s1. The highest BCUT2D eigenvalue weighted by atomic mass is 16.5. The first-order valence-corrected chi connectivity index (χ1v) is 7.28. The number of amides is 1. The summed E-state index contributed by atoms with van der Waals surface area (Å²) in [5.74, 6) is 0.282. The summed E-state index contributed by atoms with van der Waals surface area (Å²) in [7, 11) is 1.55. The molecular formula is C16H19NO5. The van der Waals surface area contributed by atoms with Crippen LogP contribution in [0.2, 0.25) is 0 Å². The second-order valence-corrected chi connectivity index (χ2v) is 5.64. The lowest BCUT2D eigenvalue weighted by Gasteiger charge is -2.10. The van der Waals surface area contributed by atoms with E-state index in [0.29, 0.717) is 24.2 Å². The van der Waals surface area contributed by atoms with Crippen molar-refractivity contribution in [3.8, 4) is 5.75 Å². The van der Waals surface area contributed by atoms with Gasteiger partial charge in [0.15, 0.2) is 17.1 Å². The average molecular weight is 305 g/mol. The molecule has 1 fully saturated rings. The van der Waals surface area contributed by atoms with Crippen LogP contribution in [0.5, 0.6) is 5.75 Å². The number of hydrogen-bond donors (Lipinski definition) is 3. The van der Waals surface area contributed by atoms with Crippen LogP contribution in [0.3, 0.4) is 0 Å². The van der Waals surface area contributed by atoms with Crippen LogP contribution in [0.25, 0.3) is 11.0 Å². The molecule has 22 heavy (non-hydrogen) atoms. The molecule has 1 amide bonds. The van der Waals surface area contributed by atoms with Gasteiger partial charge in [0, 0.05) is 24.0 Å². The summed E-state index contributed by atoms with van der Waals surface area (Å²) in [5.41, 5.74) is 0.537. The van der Waals surface area contributed by atoms with E-state index in [1.807, 2.05) is 12.1 Å². The van der Waals surface area contributed by atoms with Gasteiger partial charge >= 0.3 is 0 Å². The summed E-state index contributed by atoms with van der Waals surface area (Å²) in [4.78, 5) is 12.3. The molecule has 0 bridgehead atoms. The monoisotopic (exact) mass is 305 g/mol. The number of fused-ring (bicyclic) bond motifs is 1. The summed E-state index contributed by atoms with van der Waals surface area (Å²) in [6, 6.07) is 6.96. The topological polar surface area (TPSA) is 91.9 Å². The molecule has 3 rings (SSSR count). The molecule has 6 nitrogen and oxygen atoms in total. The Morgan fingerprint density at radius 3 is 2.95 bits per heavy atom. The summed E-state index contributed by atoms with van der Waals surface area (Å²) in [5, 5.41) is 22.6. The Kier molecular flexibility index (Phi) is 4.04. The van der Waals surface area contributed by atoms with E-state index in [-0.39, 0.29) is 30.2 Å². The van der Waals surface area contributed by atoms with Crippen molar-refractivity contribution in [2.45, 2.75) is 25.0 Å². The maximum absolute atomic E-state index is 12.3. The summed E-state index contributed by atoms with van der Waals surface area (Å²) < 4.78 is 10.8. The van der Waals surface area contributed by atoms with Gasteiger partial charge in [0.05, 0.1) is 13.2 Å². The molecule has 1 heterocycles. The Bertz CT molecular complexity index is 680. The Labute approximate surface area is 127 Å². The van der Waals surface area contributed by atoms with Gasteiger partial charge in [0.1, 0.15) is 0 Å². The Morgan fingerprint density at radius 2 is 2.27 bits per heavy atom. The molecule has 3 N–H and O–H groups in total. The molecule has 1 aromatic heterocycles. The second kappa shape index (κ2) is 5.98. The van der Waals surface area contributed by atoms with Crippen LogP contribution < -0.4 is 10.1 Å². The minimum Gasteiger partial charge on any atom is -0.493 e. The van der Waals surface area contributed by atoms with Crippen LogP contribution in [0.4, 0.5) is 0 Å². The second-order valence-electron chi connectivity index (χ2n) is 5.64. The molecule has 1 saturated carbocycles. The summed E-state index contributed by atoms with van der Waals surface area (Å²) >= 11 is 0. The number of carbonyl (C=O) groups is 1. The third-order valence-corrected chi connectivity index (χ3v) is 4.18. The largest absolute Gasteiger partial charge is 0.493 e. The van der Waals surface area contributed by atoms with Crippen LogP contribution in [0.1, 0.15) is 23.4 Å². The number of para-hydroxylation sites is 1. The van der Waals surface area contributed by atoms with Crippen LogP contribution in [-0.4, -0.2) is 42.0 Å². The Morgan fingerprint density at radius 1 is 1.45 bits per heavy atom. The van der Waals surface area contributed by atoms with Crippen molar-refractivity contribution in [2.75, 3.05) is 13.7 Å². The Balaban J connectivity index is 1.76. The van der Waals surface area contributed by atoms with Gasteiger partial charge in [-0.3, -0.25) is 4.79 Å². The molecule has 2 aromatic rings. The number of carbonyl (C=O) groups excluding carboxylic acids is 1. The van der Waals surface area contributed by atoms with E-state index in [1.54, 1.807) is 19.2 Å². The zero-order valence-electron chi connectivity index (χ0n) is 12.3. The highest BCUT2D eigenvalue weighted by Crippen LogP contribution is 2.29. The number of furan rings is 1. The van der Waals surface area contributed by atoms with E-state index in [9.17, 15) is 9.90 Å². The first-order valence-electron chi connectivity index (χ1n) is 7.28. The quantitative estimate of drug-likeness (QED) is 0.792. The normalized spacial score (nSPS) is 24.6. The van der Waals surface area contributed by atoms with E-state index in [2.05, 4.69) is 5.32 Å². The van der Waals surface area contributed by atoms with Gasteiger partial charge < -0.3 is 24.7 Å². The fourth-order valence-corrected chi connectivity index (χ4v) is 2.98. The van der Waals surface area contributed by atoms with Crippen LogP contribution in [-0.2, 0) is 0 Å². The van der Waals surface area contributed by atoms with Crippen molar-refractivity contribution in [1.29, 1.82) is 0 Å². The minimum absolute atomic E-state index is 0.0740. The number of aliphatic hydroxyl groups is 2. The number of ether oxygens (including phenoxy) is 1. The molecule has 0 spiro atoms. The highest BCUT2D eigenvalue weighted by Gasteiger charge is 2.33. The average Bonchev–Trinajstić information content (AvgIpc) is 3.09. The molecule has 0 unspecified atom stereocenters. The highest BCUT2D eigenvalue weighted by molar-refractivity contribution is 5.97. The number of hydrogen-bond acceptors (Lipinski definition) is 5. The lowest BCUT2D eigenvalue weighted by atomic mass is 10.1. The van der Waals surface area contributed by atoms with Gasteiger partial charge in [-0.2, -0.15) is 0 Å². The first kappa shape index (κ1) is 14.9. The molecule has 1 aliphatic rings. The van der Waals surface area contributed by atoms with Gasteiger partial charge in [0.2, 0.25) is 0 Å². The third kappa shape index (κ3) is 2.67. The smallest absolute Gasteiger partial charge is 0.287 e. The van der Waals surface area contributed by atoms with Crippen molar-refractivity contribution < 1.29 is 24.2 Å². The summed E-state index contributed by atoms with van der Waals surface area (Å²) in [6.07, 6.45) is 0.430. The SMILES string of the molecule is COc1cccc2cc(C(=O)N[C@H]3C[C@@H](CO)[C@H](O)C3)oc12. The van der Waals surface area contributed by atoms with E-state index in [1.165, 1.54) is 0 Å². The Hall–Kier alpha value is -2.05. The molecule has 0 radical (unpaired) electrons. The third-order valence-electron chi connectivity index (χ3n) is 4.18. The zero-order chi connectivity index (χ0) is 15.7. The van der Waals surface area contributed by atoms with Crippen molar-refractivity contribution in [1.82, 2.24) is 5.32 Å². The molecule has 0 aliphatic heterocycles. The van der Waals surface area contributed by atoms with E-state index < -0.39 is 6.10 Å². The number of methoxy groups -OCH3 is 1. The maximum atomic E-state index is 12.3. The number of aliphatic hydroxyl groups excluding tert-OH is 2. The molecule has 118 valence electrons. The minimum atomic E-state index is -0.578. The first-order chi connectivity index (χ1) is 10.6. The zero-order valence-corrected chi connectivity index (χ0v) is 12.3. The van der Waals surface area contributed by atoms with E-state index >= 15 is 0 Å². The molecule has 1 aliphatic carbocycles. The van der Waals surface area contributed by atoms with E-state index in [0.717, 1.165) is 5.39 Å². The van der Waals surface area contributed by atoms with Crippen molar-refractivity contribution in [3.63, 3.8) is 0 Å². The predicted molar refractivity (Wildman–Crippen MR) is 79.8 cm³/mol. The molecule has 3 atom stereocenters. The number of rotatable bonds is 4. The van der Waals surface area contributed by atoms with Crippen LogP contribution in [0.15, 0.2) is 28.7 Å². The maximum Gasteiger partial charge on any atom is 0.287 e. The van der Waals surface area contributed by atoms with Gasteiger partial charge in [-0.1, -0.05) is 12.1 Å². The predicted octanol–water partition coefficient (Wildman–Crippen LogP) is 1.30. The van der Waals surface area contributed by atoms with Gasteiger partial charge in [0.25, 0.3) is 5.91 Å². The lowest BCUT2D eigenvalue weighted by molar-refractivity contribution is 0.0896. The number of benzene rings is 1. The van der Waals surface area contributed by atoms with Gasteiger partial charge in [-0.05, 0) is 25.0 Å². The fraction of sp³-hybridized carbons (Fsp3) is 0.438. The summed E-state index contributed by atoms with van der Waals surface area (Å²) in [6.45, 7) is -0.0740. The van der Waals surface area contributed by atoms with Crippen molar-refractivity contribution in [3.05, 3.63) is 30.0 Å². The van der Waals surface area contributed by atoms with Crippen LogP contribution in [0, 0.1) is 5.92 Å². The molecule has 6 heteroatoms. The van der Waals surface area contributed by atoms with Gasteiger partial charge in [-0.15, -0.1) is 0 Å². The van der Waals surface area contributed by atoms with Gasteiger partial charge in [-0.25, -0.2) is 0 Å². The molecule has 1 aromatic carbocycles. The molecular weight excluding hydrogens is 286 g/mol. The fourth-order valence-electron chi connectivity index (χ4n) is 2.98. The van der Waals surface area contributed by atoms with Crippen molar-refractivity contribution in [2.24, 2.45) is 5.92 Å². The van der Waals surface area contributed by atoms with Crippen LogP contribution >= 0.6 is 0 Å². The van der Waals surface area contributed by atoms with E-state index in [4.69, 9.17) is 14.3 Å². The van der Waals surface area contributed by atoms with Crippen molar-refractivity contribution >= 4 is 16.9 Å².